The number of aromatic nitrogens is 2. The molecule has 12 heteroatoms. The summed E-state index contributed by atoms with van der Waals surface area (Å²) in [5, 5.41) is 10.4. The average Bonchev–Trinajstić information content (AvgIpc) is 3.45. The maximum absolute atomic E-state index is 12.9. The molecule has 4 rings (SSSR count). The summed E-state index contributed by atoms with van der Waals surface area (Å²) in [6, 6.07) is 11.5. The molecule has 2 heterocycles. The fourth-order valence-corrected chi connectivity index (χ4v) is 6.49. The Morgan fingerprint density at radius 2 is 1.93 bits per heavy atom. The Bertz CT molecular complexity index is 1490. The number of halogens is 1. The van der Waals surface area contributed by atoms with Gasteiger partial charge in [0.05, 0.1) is 36.1 Å². The van der Waals surface area contributed by atoms with Gasteiger partial charge in [-0.3, -0.25) is 9.69 Å². The van der Waals surface area contributed by atoms with Gasteiger partial charge in [0.2, 0.25) is 11.9 Å². The molecule has 10 nitrogen and oxygen atoms in total. The molecule has 0 aliphatic carbocycles. The average molecular weight is 612 g/mol. The molecule has 1 saturated heterocycles. The Hall–Kier alpha value is -3.59. The van der Waals surface area contributed by atoms with Gasteiger partial charge in [0.1, 0.15) is 17.9 Å². The van der Waals surface area contributed by atoms with Crippen molar-refractivity contribution in [1.29, 1.82) is 0 Å². The lowest BCUT2D eigenvalue weighted by molar-refractivity contribution is -0.111. The molecule has 0 radical (unpaired) electrons. The minimum Gasteiger partial charge on any atom is -0.494 e. The van der Waals surface area contributed by atoms with Crippen molar-refractivity contribution in [2.75, 3.05) is 67.5 Å². The predicted octanol–water partition coefficient (Wildman–Crippen LogP) is 5.92. The maximum atomic E-state index is 12.9. The second-order valence-corrected chi connectivity index (χ2v) is 14.0. The molecular formula is C30H39ClN7O3P. The quantitative estimate of drug-likeness (QED) is 0.170. The molecule has 42 heavy (non-hydrogen) atoms. The summed E-state index contributed by atoms with van der Waals surface area (Å²) in [6.45, 7) is 15.1. The number of hydrogen-bond acceptors (Lipinski definition) is 9. The van der Waals surface area contributed by atoms with Gasteiger partial charge < -0.3 is 30.2 Å². The summed E-state index contributed by atoms with van der Waals surface area (Å²) >= 11 is 6.45. The largest absolute Gasteiger partial charge is 0.494 e. The fraction of sp³-hybridized carbons (Fsp3) is 0.367. The molecule has 224 valence electrons. The lowest BCUT2D eigenvalue weighted by Crippen LogP contribution is -2.37. The van der Waals surface area contributed by atoms with Crippen LogP contribution < -0.4 is 30.9 Å². The van der Waals surface area contributed by atoms with E-state index in [1.165, 1.54) is 12.3 Å². The van der Waals surface area contributed by atoms with Crippen molar-refractivity contribution < 1.29 is 14.1 Å². The van der Waals surface area contributed by atoms with Crippen molar-refractivity contribution >= 4 is 64.5 Å². The number of carbonyl (C=O) groups excluding carboxylic acids is 1. The van der Waals surface area contributed by atoms with E-state index in [9.17, 15) is 9.36 Å². The van der Waals surface area contributed by atoms with Gasteiger partial charge in [-0.25, -0.2) is 4.98 Å². The van der Waals surface area contributed by atoms with Crippen molar-refractivity contribution in [1.82, 2.24) is 14.9 Å². The summed E-state index contributed by atoms with van der Waals surface area (Å²) in [6.07, 6.45) is 3.76. The van der Waals surface area contributed by atoms with E-state index >= 15 is 0 Å². The van der Waals surface area contributed by atoms with Gasteiger partial charge in [0, 0.05) is 30.5 Å². The number of rotatable bonds is 12. The highest BCUT2D eigenvalue weighted by atomic mass is 35.5. The van der Waals surface area contributed by atoms with Crippen LogP contribution in [0.1, 0.15) is 20.3 Å². The van der Waals surface area contributed by atoms with Crippen LogP contribution in [0.4, 0.5) is 34.5 Å². The summed E-state index contributed by atoms with van der Waals surface area (Å²) < 4.78 is 18.6. The standard InChI is InChI=1S/C30H39ClN7O3P/c1-7-28(39)33-23-16-24(26(41-4)17-25(23)38-15-14-20(19-38)37(8-2)9-3)35-30-32-18-21(31)29(36-30)34-22-12-10-11-13-27(22)42(5,6)40/h7,10-13,16-18,20H,1,8-9,14-15,19H2,2-6H3,(H,33,39)(H2,32,34,35,36). The summed E-state index contributed by atoms with van der Waals surface area (Å²) in [7, 11) is -0.969. The predicted molar refractivity (Wildman–Crippen MR) is 174 cm³/mol. The number of nitrogens with one attached hydrogen (secondary N) is 3. The molecule has 1 aromatic heterocycles. The first-order valence-electron chi connectivity index (χ1n) is 13.9. The van der Waals surface area contributed by atoms with Crippen molar-refractivity contribution in [2.24, 2.45) is 0 Å². The van der Waals surface area contributed by atoms with Crippen LogP contribution in [-0.4, -0.2) is 73.4 Å². The van der Waals surface area contributed by atoms with E-state index < -0.39 is 7.14 Å². The van der Waals surface area contributed by atoms with E-state index in [4.69, 9.17) is 16.3 Å². The zero-order valence-corrected chi connectivity index (χ0v) is 26.4. The number of benzene rings is 2. The molecule has 0 spiro atoms. The van der Waals surface area contributed by atoms with E-state index in [0.29, 0.717) is 45.0 Å². The Morgan fingerprint density at radius 1 is 1.19 bits per heavy atom. The summed E-state index contributed by atoms with van der Waals surface area (Å²) in [5.41, 5.74) is 2.69. The van der Waals surface area contributed by atoms with Gasteiger partial charge in [0.15, 0.2) is 5.82 Å². The first-order chi connectivity index (χ1) is 20.1. The molecule has 1 fully saturated rings. The minimum absolute atomic E-state index is 0.255. The van der Waals surface area contributed by atoms with Gasteiger partial charge in [-0.1, -0.05) is 44.2 Å². The molecule has 1 amide bonds. The highest BCUT2D eigenvalue weighted by Gasteiger charge is 2.29. The first-order valence-corrected chi connectivity index (χ1v) is 16.9. The maximum Gasteiger partial charge on any atom is 0.247 e. The van der Waals surface area contributed by atoms with Crippen LogP contribution in [-0.2, 0) is 9.36 Å². The molecule has 1 atom stereocenters. The van der Waals surface area contributed by atoms with Gasteiger partial charge in [-0.2, -0.15) is 4.98 Å². The molecular weight excluding hydrogens is 573 g/mol. The number of amides is 1. The molecule has 0 bridgehead atoms. The smallest absolute Gasteiger partial charge is 0.247 e. The van der Waals surface area contributed by atoms with Gasteiger partial charge >= 0.3 is 0 Å². The van der Waals surface area contributed by atoms with Crippen molar-refractivity contribution in [3.8, 4) is 5.75 Å². The molecule has 1 aliphatic heterocycles. The third kappa shape index (κ3) is 7.24. The molecule has 3 aromatic rings. The highest BCUT2D eigenvalue weighted by Crippen LogP contribution is 2.41. The molecule has 1 aliphatic rings. The molecule has 3 N–H and O–H groups in total. The van der Waals surface area contributed by atoms with Crippen LogP contribution in [0.5, 0.6) is 5.75 Å². The SMILES string of the molecule is C=CC(=O)Nc1cc(Nc2ncc(Cl)c(Nc3ccccc3P(C)(C)=O)n2)c(OC)cc1N1CCC(N(CC)CC)C1. The van der Waals surface area contributed by atoms with Gasteiger partial charge in [-0.05, 0) is 57.1 Å². The van der Waals surface area contributed by atoms with Crippen molar-refractivity contribution in [2.45, 2.75) is 26.3 Å². The number of methoxy groups -OCH3 is 1. The van der Waals surface area contributed by atoms with Gasteiger partial charge in [0.25, 0.3) is 0 Å². The zero-order valence-electron chi connectivity index (χ0n) is 24.8. The third-order valence-electron chi connectivity index (χ3n) is 7.32. The van der Waals surface area contributed by atoms with Gasteiger partial charge in [-0.15, -0.1) is 0 Å². The minimum atomic E-state index is -2.56. The lowest BCUT2D eigenvalue weighted by Gasteiger charge is -2.28. The number of hydrogen-bond donors (Lipinski definition) is 3. The number of ether oxygens (including phenoxy) is 1. The Morgan fingerprint density at radius 3 is 2.60 bits per heavy atom. The number of likely N-dealkylation sites (N-methyl/N-ethyl adjacent to an activating group) is 1. The Balaban J connectivity index is 1.67. The van der Waals surface area contributed by atoms with Crippen LogP contribution in [0, 0.1) is 0 Å². The highest BCUT2D eigenvalue weighted by molar-refractivity contribution is 7.70. The summed E-state index contributed by atoms with van der Waals surface area (Å²) in [5.74, 6) is 0.851. The van der Waals surface area contributed by atoms with E-state index in [1.54, 1.807) is 20.4 Å². The molecule has 1 unspecified atom stereocenters. The van der Waals surface area contributed by atoms with E-state index in [-0.39, 0.29) is 11.9 Å². The zero-order chi connectivity index (χ0) is 30.4. The van der Waals surface area contributed by atoms with Crippen molar-refractivity contribution in [3.63, 3.8) is 0 Å². The van der Waals surface area contributed by atoms with Crippen LogP contribution >= 0.6 is 18.7 Å². The number of para-hydroxylation sites is 1. The summed E-state index contributed by atoms with van der Waals surface area (Å²) in [4.78, 5) is 26.1. The molecule has 0 saturated carbocycles. The number of nitrogens with zero attached hydrogens (tertiary/aromatic N) is 4. The van der Waals surface area contributed by atoms with Crippen LogP contribution in [0.2, 0.25) is 5.02 Å². The van der Waals surface area contributed by atoms with E-state index in [1.807, 2.05) is 36.4 Å². The van der Waals surface area contributed by atoms with E-state index in [0.717, 1.165) is 38.3 Å². The topological polar surface area (TPSA) is 112 Å². The fourth-order valence-electron chi connectivity index (χ4n) is 5.19. The number of anilines is 6. The lowest BCUT2D eigenvalue weighted by atomic mass is 10.2. The normalized spacial score (nSPS) is 15.0. The van der Waals surface area contributed by atoms with Crippen LogP contribution in [0.3, 0.4) is 0 Å². The molecule has 2 aromatic carbocycles. The van der Waals surface area contributed by atoms with E-state index in [2.05, 4.69) is 56.1 Å². The second kappa shape index (κ2) is 13.6. The van der Waals surface area contributed by atoms with Crippen LogP contribution in [0.25, 0.3) is 0 Å². The van der Waals surface area contributed by atoms with Crippen molar-refractivity contribution in [3.05, 3.63) is 60.3 Å². The first kappa shape index (κ1) is 31.3. The Labute approximate surface area is 252 Å². The number of carbonyl (C=O) groups is 1. The second-order valence-electron chi connectivity index (χ2n) is 10.4. The monoisotopic (exact) mass is 611 g/mol. The third-order valence-corrected chi connectivity index (χ3v) is 9.15. The Kier molecular flexibility index (Phi) is 10.1. The van der Waals surface area contributed by atoms with Crippen LogP contribution in [0.15, 0.2) is 55.3 Å².